The lowest BCUT2D eigenvalue weighted by molar-refractivity contribution is -0.122. The van der Waals surface area contributed by atoms with Crippen LogP contribution >= 0.6 is 23.2 Å². The number of rotatable bonds is 7. The molecule has 1 amide bonds. The van der Waals surface area contributed by atoms with Crippen LogP contribution in [0.4, 0.5) is 0 Å². The van der Waals surface area contributed by atoms with Crippen LogP contribution in [0.2, 0.25) is 10.0 Å². The quantitative estimate of drug-likeness (QED) is 0.698. The van der Waals surface area contributed by atoms with Crippen LogP contribution in [0.1, 0.15) is 24.3 Å². The normalized spacial score (nSPS) is 19.2. The molecule has 1 N–H and O–H groups in total. The highest BCUT2D eigenvalue weighted by molar-refractivity contribution is 7.91. The molecule has 0 spiro atoms. The van der Waals surface area contributed by atoms with E-state index in [-0.39, 0.29) is 23.5 Å². The summed E-state index contributed by atoms with van der Waals surface area (Å²) in [6.45, 7) is 0.331. The molecule has 138 valence electrons. The van der Waals surface area contributed by atoms with Crippen molar-refractivity contribution in [3.8, 4) is 0 Å². The molecule has 26 heavy (non-hydrogen) atoms. The molecule has 1 saturated carbocycles. The van der Waals surface area contributed by atoms with Crippen molar-refractivity contribution in [2.45, 2.75) is 23.7 Å². The van der Waals surface area contributed by atoms with Gasteiger partial charge in [0.25, 0.3) is 0 Å². The van der Waals surface area contributed by atoms with E-state index in [9.17, 15) is 13.2 Å². The van der Waals surface area contributed by atoms with E-state index in [2.05, 4.69) is 5.32 Å². The molecule has 0 saturated heterocycles. The highest BCUT2D eigenvalue weighted by Crippen LogP contribution is 2.50. The second-order valence-electron chi connectivity index (χ2n) is 6.37. The van der Waals surface area contributed by atoms with E-state index in [1.165, 1.54) is 0 Å². The number of hydrogen-bond donors (Lipinski definition) is 1. The summed E-state index contributed by atoms with van der Waals surface area (Å²) in [7, 11) is -3.31. The number of hydrogen-bond acceptors (Lipinski definition) is 3. The van der Waals surface area contributed by atoms with E-state index in [1.54, 1.807) is 36.4 Å². The van der Waals surface area contributed by atoms with Crippen LogP contribution in [0, 0.1) is 5.92 Å². The summed E-state index contributed by atoms with van der Waals surface area (Å²) < 4.78 is 24.4. The molecular weight excluding hydrogens is 393 g/mol. The Morgan fingerprint density at radius 1 is 1.08 bits per heavy atom. The third-order valence-corrected chi connectivity index (χ3v) is 7.15. The minimum atomic E-state index is -3.31. The van der Waals surface area contributed by atoms with Gasteiger partial charge in [0.15, 0.2) is 9.84 Å². The number of carbonyl (C=O) groups excluding carboxylic acids is 1. The van der Waals surface area contributed by atoms with Gasteiger partial charge in [-0.2, -0.15) is 0 Å². The Morgan fingerprint density at radius 2 is 1.81 bits per heavy atom. The number of sulfone groups is 1. The van der Waals surface area contributed by atoms with Crippen molar-refractivity contribution in [3.05, 3.63) is 64.1 Å². The fourth-order valence-corrected chi connectivity index (χ4v) is 4.77. The van der Waals surface area contributed by atoms with E-state index >= 15 is 0 Å². The zero-order valence-electron chi connectivity index (χ0n) is 14.0. The van der Waals surface area contributed by atoms with Gasteiger partial charge in [-0.1, -0.05) is 53.5 Å². The summed E-state index contributed by atoms with van der Waals surface area (Å²) in [6.07, 6.45) is 1.10. The van der Waals surface area contributed by atoms with E-state index in [4.69, 9.17) is 23.2 Å². The summed E-state index contributed by atoms with van der Waals surface area (Å²) in [5, 5.41) is 3.81. The van der Waals surface area contributed by atoms with Crippen molar-refractivity contribution in [2.24, 2.45) is 5.92 Å². The SMILES string of the molecule is O=C(NCCCS(=O)(=O)c1ccccc1)C1CC1c1cccc(Cl)c1Cl. The van der Waals surface area contributed by atoms with Crippen LogP contribution in [-0.4, -0.2) is 26.6 Å². The van der Waals surface area contributed by atoms with Gasteiger partial charge in [0.05, 0.1) is 20.7 Å². The largest absolute Gasteiger partial charge is 0.356 e. The predicted octanol–water partition coefficient (Wildman–Crippen LogP) is 4.08. The topological polar surface area (TPSA) is 63.2 Å². The fraction of sp³-hybridized carbons (Fsp3) is 0.316. The van der Waals surface area contributed by atoms with E-state index < -0.39 is 9.84 Å². The smallest absolute Gasteiger partial charge is 0.223 e. The van der Waals surface area contributed by atoms with Gasteiger partial charge in [-0.25, -0.2) is 8.42 Å². The molecule has 1 fully saturated rings. The van der Waals surface area contributed by atoms with Crippen molar-refractivity contribution < 1.29 is 13.2 Å². The lowest BCUT2D eigenvalue weighted by Crippen LogP contribution is -2.27. The first-order valence-corrected chi connectivity index (χ1v) is 10.8. The lowest BCUT2D eigenvalue weighted by atomic mass is 10.1. The summed E-state index contributed by atoms with van der Waals surface area (Å²) in [5.74, 6) is -0.111. The van der Waals surface area contributed by atoms with Gasteiger partial charge in [0.2, 0.25) is 5.91 Å². The second kappa shape index (κ2) is 7.99. The molecular formula is C19H19Cl2NO3S. The van der Waals surface area contributed by atoms with Gasteiger partial charge in [-0.3, -0.25) is 4.79 Å². The molecule has 2 aromatic rings. The maximum Gasteiger partial charge on any atom is 0.223 e. The molecule has 0 radical (unpaired) electrons. The van der Waals surface area contributed by atoms with Crippen LogP contribution in [0.15, 0.2) is 53.4 Å². The third-order valence-electron chi connectivity index (χ3n) is 4.50. The molecule has 0 bridgehead atoms. The third kappa shape index (κ3) is 4.40. The first-order chi connectivity index (χ1) is 12.4. The van der Waals surface area contributed by atoms with Crippen molar-refractivity contribution >= 4 is 38.9 Å². The number of benzene rings is 2. The number of halogens is 2. The molecule has 1 aliphatic rings. The van der Waals surface area contributed by atoms with Crippen LogP contribution in [0.25, 0.3) is 0 Å². The zero-order valence-corrected chi connectivity index (χ0v) is 16.3. The van der Waals surface area contributed by atoms with E-state index in [1.807, 2.05) is 12.1 Å². The van der Waals surface area contributed by atoms with Crippen molar-refractivity contribution in [1.29, 1.82) is 0 Å². The van der Waals surface area contributed by atoms with Crippen LogP contribution in [0.5, 0.6) is 0 Å². The maximum absolute atomic E-state index is 12.2. The van der Waals surface area contributed by atoms with Crippen molar-refractivity contribution in [1.82, 2.24) is 5.32 Å². The first-order valence-electron chi connectivity index (χ1n) is 8.39. The van der Waals surface area contributed by atoms with Gasteiger partial charge >= 0.3 is 0 Å². The predicted molar refractivity (Wildman–Crippen MR) is 103 cm³/mol. The van der Waals surface area contributed by atoms with E-state index in [0.717, 1.165) is 12.0 Å². The van der Waals surface area contributed by atoms with E-state index in [0.29, 0.717) is 27.9 Å². The Bertz CT molecular complexity index is 900. The van der Waals surface area contributed by atoms with Gasteiger partial charge in [-0.15, -0.1) is 0 Å². The highest BCUT2D eigenvalue weighted by Gasteiger charge is 2.44. The molecule has 0 aliphatic heterocycles. The van der Waals surface area contributed by atoms with Crippen LogP contribution in [-0.2, 0) is 14.6 Å². The van der Waals surface area contributed by atoms with Gasteiger partial charge < -0.3 is 5.32 Å². The molecule has 2 aromatic carbocycles. The average molecular weight is 412 g/mol. The summed E-state index contributed by atoms with van der Waals surface area (Å²) in [5.41, 5.74) is 0.894. The maximum atomic E-state index is 12.2. The average Bonchev–Trinajstić information content (AvgIpc) is 3.42. The molecule has 2 unspecified atom stereocenters. The molecule has 4 nitrogen and oxygen atoms in total. The second-order valence-corrected chi connectivity index (χ2v) is 9.26. The minimum Gasteiger partial charge on any atom is -0.356 e. The Labute approximate surface area is 163 Å². The molecule has 2 atom stereocenters. The molecule has 0 aromatic heterocycles. The van der Waals surface area contributed by atoms with Gasteiger partial charge in [-0.05, 0) is 42.5 Å². The van der Waals surface area contributed by atoms with Gasteiger partial charge in [0, 0.05) is 12.5 Å². The molecule has 3 rings (SSSR count). The summed E-state index contributed by atoms with van der Waals surface area (Å²) in [4.78, 5) is 12.6. The van der Waals surface area contributed by atoms with Crippen LogP contribution < -0.4 is 5.32 Å². The van der Waals surface area contributed by atoms with Crippen molar-refractivity contribution in [2.75, 3.05) is 12.3 Å². The molecule has 1 aliphatic carbocycles. The fourth-order valence-electron chi connectivity index (χ4n) is 2.99. The number of carbonyl (C=O) groups is 1. The Hall–Kier alpha value is -1.56. The Balaban J connectivity index is 1.46. The molecule has 0 heterocycles. The van der Waals surface area contributed by atoms with Gasteiger partial charge in [0.1, 0.15) is 0 Å². The summed E-state index contributed by atoms with van der Waals surface area (Å²) >= 11 is 12.2. The number of amides is 1. The van der Waals surface area contributed by atoms with Crippen molar-refractivity contribution in [3.63, 3.8) is 0 Å². The minimum absolute atomic E-state index is 0.00547. The monoisotopic (exact) mass is 411 g/mol. The lowest BCUT2D eigenvalue weighted by Gasteiger charge is -2.07. The highest BCUT2D eigenvalue weighted by atomic mass is 35.5. The summed E-state index contributed by atoms with van der Waals surface area (Å²) in [6, 6.07) is 13.8. The number of nitrogens with one attached hydrogen (secondary N) is 1. The standard InChI is InChI=1S/C19H19Cl2NO3S/c20-17-9-4-8-14(18(17)21)15-12-16(15)19(23)22-10-5-11-26(24,25)13-6-2-1-3-7-13/h1-4,6-9,15-16H,5,10-12H2,(H,22,23). The Kier molecular flexibility index (Phi) is 5.90. The first kappa shape index (κ1) is 19.2. The van der Waals surface area contributed by atoms with Crippen LogP contribution in [0.3, 0.4) is 0 Å². The Morgan fingerprint density at radius 3 is 2.54 bits per heavy atom. The molecule has 7 heteroatoms. The zero-order chi connectivity index (χ0) is 18.7.